The van der Waals surface area contributed by atoms with E-state index in [1.807, 2.05) is 43.3 Å². The van der Waals surface area contributed by atoms with Crippen LogP contribution in [0.4, 0.5) is 5.69 Å². The Morgan fingerprint density at radius 3 is 2.40 bits per heavy atom. The highest BCUT2D eigenvalue weighted by Gasteiger charge is 2.44. The summed E-state index contributed by atoms with van der Waals surface area (Å²) in [5.74, 6) is -2.43. The third-order valence-electron chi connectivity index (χ3n) is 8.66. The van der Waals surface area contributed by atoms with Crippen LogP contribution in [0.25, 0.3) is 22.5 Å². The van der Waals surface area contributed by atoms with Gasteiger partial charge in [-0.2, -0.15) is 0 Å². The maximum Gasteiger partial charge on any atom is 0.333 e. The number of hydrogen-bond acceptors (Lipinski definition) is 12. The fourth-order valence-electron chi connectivity index (χ4n) is 6.18. The molecule has 5 atom stereocenters. The Balaban J connectivity index is 1.22. The Morgan fingerprint density at radius 2 is 1.65 bits per heavy atom. The van der Waals surface area contributed by atoms with Crippen molar-refractivity contribution < 1.29 is 48.8 Å². The Labute approximate surface area is 275 Å². The standard InChI is InChI=1S/C33H37N5O10/c1-2-7-23-30(43)31(44)32(45)33(47-23)46-17-16-37-29-20-9-4-3-8-19(20)18-36(22-11-6-5-10-21(22)28(29)34-35-37)24(39)14-15-27(42)48-38-25(40)12-13-26(38)41/h3-6,8-11,23,30-33,43-45H,2,7,12-18H2,1H3/t23-,30-,31+,32-,33-/m1/s1. The molecule has 15 nitrogen and oxygen atoms in total. The van der Waals surface area contributed by atoms with E-state index in [0.29, 0.717) is 40.5 Å². The second-order valence-electron chi connectivity index (χ2n) is 11.9. The summed E-state index contributed by atoms with van der Waals surface area (Å²) < 4.78 is 13.3. The Hall–Kier alpha value is -4.54. The average molecular weight is 664 g/mol. The third-order valence-corrected chi connectivity index (χ3v) is 8.66. The van der Waals surface area contributed by atoms with E-state index in [9.17, 15) is 34.5 Å². The second-order valence-corrected chi connectivity index (χ2v) is 11.9. The van der Waals surface area contributed by atoms with Crippen LogP contribution in [0, 0.1) is 0 Å². The van der Waals surface area contributed by atoms with Gasteiger partial charge in [0.1, 0.15) is 24.0 Å². The lowest BCUT2D eigenvalue weighted by molar-refractivity contribution is -0.298. The van der Waals surface area contributed by atoms with Crippen molar-refractivity contribution in [3.8, 4) is 22.5 Å². The van der Waals surface area contributed by atoms with Crippen LogP contribution in [-0.4, -0.2) is 96.4 Å². The molecule has 1 aromatic heterocycles. The molecule has 3 aliphatic rings. The van der Waals surface area contributed by atoms with Crippen LogP contribution in [0.3, 0.4) is 0 Å². The maximum atomic E-state index is 13.7. The van der Waals surface area contributed by atoms with Crippen LogP contribution >= 0.6 is 0 Å². The normalized spacial score (nSPS) is 23.6. The van der Waals surface area contributed by atoms with Crippen LogP contribution in [0.5, 0.6) is 0 Å². The first-order valence-corrected chi connectivity index (χ1v) is 16.0. The highest BCUT2D eigenvalue weighted by molar-refractivity contribution is 6.03. The van der Waals surface area contributed by atoms with Gasteiger partial charge in [0.2, 0.25) is 5.91 Å². The molecule has 48 heavy (non-hydrogen) atoms. The number of carbonyl (C=O) groups excluding carboxylic acids is 4. The molecule has 2 fully saturated rings. The minimum absolute atomic E-state index is 0.0265. The van der Waals surface area contributed by atoms with E-state index < -0.39 is 48.5 Å². The third kappa shape index (κ3) is 6.59. The first-order valence-electron chi connectivity index (χ1n) is 16.0. The van der Waals surface area contributed by atoms with Gasteiger partial charge in [0, 0.05) is 30.4 Å². The SMILES string of the molecule is CCC[C@H]1O[C@@H](OCCn2nnc3c2-c2ccccc2CN(C(=O)CCC(=O)ON2C(=O)CCC2=O)c2ccccc2-3)[C@H](O)[C@@H](O)[C@@H]1O. The fourth-order valence-corrected chi connectivity index (χ4v) is 6.18. The van der Waals surface area contributed by atoms with Crippen molar-refractivity contribution in [3.05, 3.63) is 54.1 Å². The van der Waals surface area contributed by atoms with E-state index in [-0.39, 0.29) is 51.3 Å². The van der Waals surface area contributed by atoms with Gasteiger partial charge in [0.25, 0.3) is 11.8 Å². The number of anilines is 1. The molecule has 3 amide bonds. The summed E-state index contributed by atoms with van der Waals surface area (Å²) in [6.45, 7) is 2.33. The van der Waals surface area contributed by atoms with E-state index in [1.54, 1.807) is 21.7 Å². The molecule has 6 rings (SSSR count). The van der Waals surface area contributed by atoms with Crippen molar-refractivity contribution in [1.29, 1.82) is 0 Å². The van der Waals surface area contributed by atoms with Crippen molar-refractivity contribution in [3.63, 3.8) is 0 Å². The Bertz CT molecular complexity index is 1680. The summed E-state index contributed by atoms with van der Waals surface area (Å²) in [5.41, 5.74) is 3.92. The highest BCUT2D eigenvalue weighted by atomic mass is 16.7. The number of aliphatic hydroxyl groups is 3. The van der Waals surface area contributed by atoms with Gasteiger partial charge in [-0.3, -0.25) is 14.4 Å². The number of ether oxygens (including phenoxy) is 2. The topological polar surface area (TPSA) is 194 Å². The molecule has 0 radical (unpaired) electrons. The van der Waals surface area contributed by atoms with Gasteiger partial charge in [0.15, 0.2) is 6.29 Å². The molecule has 2 aromatic carbocycles. The monoisotopic (exact) mass is 663 g/mol. The number of fused-ring (bicyclic) bond motifs is 5. The molecule has 0 saturated carbocycles. The molecule has 2 saturated heterocycles. The largest absolute Gasteiger partial charge is 0.388 e. The van der Waals surface area contributed by atoms with Gasteiger partial charge in [0.05, 0.1) is 43.6 Å². The lowest BCUT2D eigenvalue weighted by atomic mass is 9.95. The molecule has 0 bridgehead atoms. The van der Waals surface area contributed by atoms with Gasteiger partial charge in [-0.15, -0.1) is 10.2 Å². The number of para-hydroxylation sites is 1. The van der Waals surface area contributed by atoms with Crippen LogP contribution in [0.15, 0.2) is 48.5 Å². The second kappa shape index (κ2) is 14.3. The smallest absolute Gasteiger partial charge is 0.333 e. The molecule has 3 aliphatic heterocycles. The van der Waals surface area contributed by atoms with E-state index >= 15 is 0 Å². The lowest BCUT2D eigenvalue weighted by Gasteiger charge is -2.40. The minimum Gasteiger partial charge on any atom is -0.388 e. The average Bonchev–Trinajstić information content (AvgIpc) is 3.64. The molecule has 15 heteroatoms. The van der Waals surface area contributed by atoms with E-state index in [4.69, 9.17) is 14.3 Å². The molecule has 0 aliphatic carbocycles. The first-order chi connectivity index (χ1) is 23.2. The van der Waals surface area contributed by atoms with Crippen LogP contribution in [0.1, 0.15) is 51.0 Å². The van der Waals surface area contributed by atoms with E-state index in [0.717, 1.165) is 11.1 Å². The summed E-state index contributed by atoms with van der Waals surface area (Å²) in [6, 6.07) is 14.7. The summed E-state index contributed by atoms with van der Waals surface area (Å²) in [4.78, 5) is 56.3. The number of aliphatic hydroxyl groups excluding tert-OH is 3. The van der Waals surface area contributed by atoms with Crippen molar-refractivity contribution >= 4 is 29.4 Å². The number of aromatic nitrogens is 3. The van der Waals surface area contributed by atoms with Crippen molar-refractivity contribution in [2.24, 2.45) is 0 Å². The molecule has 4 heterocycles. The van der Waals surface area contributed by atoms with Crippen LogP contribution in [-0.2, 0) is 46.6 Å². The van der Waals surface area contributed by atoms with Gasteiger partial charge >= 0.3 is 5.97 Å². The summed E-state index contributed by atoms with van der Waals surface area (Å²) in [6.07, 6.45) is -5.33. The molecule has 0 unspecified atom stereocenters. The Morgan fingerprint density at radius 1 is 0.938 bits per heavy atom. The summed E-state index contributed by atoms with van der Waals surface area (Å²) in [7, 11) is 0. The number of benzene rings is 2. The van der Waals surface area contributed by atoms with Crippen molar-refractivity contribution in [2.75, 3.05) is 11.5 Å². The van der Waals surface area contributed by atoms with Gasteiger partial charge in [-0.25, -0.2) is 9.48 Å². The van der Waals surface area contributed by atoms with Gasteiger partial charge in [-0.05, 0) is 18.1 Å². The number of amides is 3. The molecule has 3 aromatic rings. The highest BCUT2D eigenvalue weighted by Crippen LogP contribution is 2.41. The number of hydroxylamine groups is 2. The summed E-state index contributed by atoms with van der Waals surface area (Å²) in [5, 5.41) is 40.5. The number of nitrogens with zero attached hydrogens (tertiary/aromatic N) is 5. The lowest BCUT2D eigenvalue weighted by Crippen LogP contribution is -2.58. The molecular formula is C33H37N5O10. The van der Waals surface area contributed by atoms with E-state index in [1.165, 1.54) is 0 Å². The number of rotatable bonds is 10. The Kier molecular flexibility index (Phi) is 9.93. The zero-order chi connectivity index (χ0) is 33.9. The predicted octanol–water partition coefficient (Wildman–Crippen LogP) is 1.47. The molecule has 3 N–H and O–H groups in total. The fraction of sp³-hybridized carbons (Fsp3) is 0.455. The van der Waals surface area contributed by atoms with Gasteiger partial charge in [-0.1, -0.05) is 61.0 Å². The zero-order valence-corrected chi connectivity index (χ0v) is 26.3. The van der Waals surface area contributed by atoms with E-state index in [2.05, 4.69) is 10.3 Å². The number of hydrogen-bond donors (Lipinski definition) is 3. The number of carbonyl (C=O) groups is 4. The molecule has 254 valence electrons. The van der Waals surface area contributed by atoms with Crippen LogP contribution in [0.2, 0.25) is 0 Å². The molecular weight excluding hydrogens is 626 g/mol. The van der Waals surface area contributed by atoms with Crippen LogP contribution < -0.4 is 4.90 Å². The summed E-state index contributed by atoms with van der Waals surface area (Å²) >= 11 is 0. The first kappa shape index (κ1) is 33.4. The van der Waals surface area contributed by atoms with Crippen molar-refractivity contribution in [2.45, 2.75) is 89.2 Å². The predicted molar refractivity (Wildman–Crippen MR) is 166 cm³/mol. The maximum absolute atomic E-state index is 13.7. The van der Waals surface area contributed by atoms with Crippen molar-refractivity contribution in [1.82, 2.24) is 20.1 Å². The molecule has 0 spiro atoms. The zero-order valence-electron chi connectivity index (χ0n) is 26.3. The minimum atomic E-state index is -1.44. The quantitative estimate of drug-likeness (QED) is 0.265. The number of imide groups is 1. The van der Waals surface area contributed by atoms with Gasteiger partial charge < -0.3 is 34.5 Å².